The summed E-state index contributed by atoms with van der Waals surface area (Å²) in [5.41, 5.74) is 6.40. The average Bonchev–Trinajstić information content (AvgIpc) is 2.16. The molecule has 0 aliphatic heterocycles. The van der Waals surface area contributed by atoms with E-state index in [1.165, 1.54) is 5.56 Å². The molecule has 16 heavy (non-hydrogen) atoms. The van der Waals surface area contributed by atoms with Gasteiger partial charge in [-0.05, 0) is 24.3 Å². The number of hydrogen-bond donors (Lipinski definition) is 2. The second-order valence-electron chi connectivity index (χ2n) is 4.86. The average molecular weight is 220 g/mol. The molecule has 1 atom stereocenters. The molecule has 3 nitrogen and oxygen atoms in total. The second kappa shape index (κ2) is 5.01. The number of rotatable bonds is 4. The van der Waals surface area contributed by atoms with Gasteiger partial charge in [-0.3, -0.25) is 0 Å². The lowest BCUT2D eigenvalue weighted by Gasteiger charge is -2.28. The van der Waals surface area contributed by atoms with E-state index in [-0.39, 0.29) is 11.5 Å². The summed E-state index contributed by atoms with van der Waals surface area (Å²) in [6.07, 6.45) is 0.861. The molecule has 2 amide bonds. The zero-order chi connectivity index (χ0) is 12.2. The van der Waals surface area contributed by atoms with Crippen LogP contribution in [0, 0.1) is 0 Å². The molecule has 0 bridgehead atoms. The first-order chi connectivity index (χ1) is 7.42. The Morgan fingerprint density at radius 2 is 1.94 bits per heavy atom. The van der Waals surface area contributed by atoms with E-state index in [0.29, 0.717) is 0 Å². The molecule has 1 aromatic rings. The van der Waals surface area contributed by atoms with Crippen molar-refractivity contribution in [2.45, 2.75) is 38.6 Å². The number of carbonyl (C=O) groups excluding carboxylic acids is 1. The van der Waals surface area contributed by atoms with Crippen molar-refractivity contribution in [2.75, 3.05) is 0 Å². The van der Waals surface area contributed by atoms with Gasteiger partial charge in [0.25, 0.3) is 0 Å². The lowest BCUT2D eigenvalue weighted by Crippen LogP contribution is -2.40. The third-order valence-corrected chi connectivity index (χ3v) is 2.76. The number of urea groups is 1. The van der Waals surface area contributed by atoms with Crippen molar-refractivity contribution in [3.8, 4) is 0 Å². The van der Waals surface area contributed by atoms with Crippen LogP contribution in [0.1, 0.15) is 32.8 Å². The van der Waals surface area contributed by atoms with E-state index >= 15 is 0 Å². The fourth-order valence-corrected chi connectivity index (χ4v) is 2.07. The van der Waals surface area contributed by atoms with Crippen LogP contribution in [0.2, 0.25) is 0 Å². The lowest BCUT2D eigenvalue weighted by molar-refractivity contribution is 0.243. The molecule has 0 aliphatic rings. The second-order valence-corrected chi connectivity index (χ2v) is 4.86. The fraction of sp³-hybridized carbons (Fsp3) is 0.462. The first-order valence-corrected chi connectivity index (χ1v) is 5.53. The van der Waals surface area contributed by atoms with Gasteiger partial charge in [-0.25, -0.2) is 4.79 Å². The van der Waals surface area contributed by atoms with E-state index in [0.717, 1.165) is 6.42 Å². The Labute approximate surface area is 97.0 Å². The van der Waals surface area contributed by atoms with E-state index in [4.69, 9.17) is 5.73 Å². The Morgan fingerprint density at radius 1 is 1.38 bits per heavy atom. The van der Waals surface area contributed by atoms with Gasteiger partial charge in [-0.15, -0.1) is 0 Å². The molecule has 0 spiro atoms. The van der Waals surface area contributed by atoms with Crippen LogP contribution < -0.4 is 11.1 Å². The van der Waals surface area contributed by atoms with Crippen molar-refractivity contribution < 1.29 is 4.79 Å². The van der Waals surface area contributed by atoms with Gasteiger partial charge in [0, 0.05) is 6.04 Å². The number of amides is 2. The number of nitrogens with two attached hydrogens (primary N) is 1. The minimum atomic E-state index is -0.462. The Balaban J connectivity index is 2.68. The van der Waals surface area contributed by atoms with Crippen LogP contribution in [0.25, 0.3) is 0 Å². The Bertz CT molecular complexity index is 346. The SMILES string of the molecule is CC(CC(C)(C)c1ccccc1)NC(N)=O. The van der Waals surface area contributed by atoms with Gasteiger partial charge in [-0.1, -0.05) is 44.2 Å². The molecule has 1 rings (SSSR count). The van der Waals surface area contributed by atoms with E-state index < -0.39 is 6.03 Å². The standard InChI is InChI=1S/C13H20N2O/c1-10(15-12(14)16)9-13(2,3)11-7-5-4-6-8-11/h4-8,10H,9H2,1-3H3,(H3,14,15,16). The quantitative estimate of drug-likeness (QED) is 0.804. The van der Waals surface area contributed by atoms with Crippen molar-refractivity contribution in [3.63, 3.8) is 0 Å². The predicted octanol–water partition coefficient (Wildman–Crippen LogP) is 2.41. The van der Waals surface area contributed by atoms with E-state index in [1.54, 1.807) is 0 Å². The summed E-state index contributed by atoms with van der Waals surface area (Å²) in [6, 6.07) is 9.90. The summed E-state index contributed by atoms with van der Waals surface area (Å²) in [5, 5.41) is 2.71. The van der Waals surface area contributed by atoms with Gasteiger partial charge in [0.05, 0.1) is 0 Å². The number of primary amides is 1. The van der Waals surface area contributed by atoms with Crippen LogP contribution in [0.4, 0.5) is 4.79 Å². The molecule has 0 saturated carbocycles. The number of hydrogen-bond acceptors (Lipinski definition) is 1. The van der Waals surface area contributed by atoms with Crippen molar-refractivity contribution >= 4 is 6.03 Å². The van der Waals surface area contributed by atoms with Crippen LogP contribution in [0.5, 0.6) is 0 Å². The summed E-state index contributed by atoms with van der Waals surface area (Å²) in [4.78, 5) is 10.7. The topological polar surface area (TPSA) is 55.1 Å². The number of nitrogens with one attached hydrogen (secondary N) is 1. The smallest absolute Gasteiger partial charge is 0.312 e. The molecular formula is C13H20N2O. The van der Waals surface area contributed by atoms with Gasteiger partial charge >= 0.3 is 6.03 Å². The highest BCUT2D eigenvalue weighted by Gasteiger charge is 2.23. The van der Waals surface area contributed by atoms with Crippen LogP contribution in [-0.4, -0.2) is 12.1 Å². The zero-order valence-electron chi connectivity index (χ0n) is 10.2. The Kier molecular flexibility index (Phi) is 3.93. The molecule has 0 radical (unpaired) electrons. The van der Waals surface area contributed by atoms with Gasteiger partial charge in [0.15, 0.2) is 0 Å². The van der Waals surface area contributed by atoms with Gasteiger partial charge in [-0.2, -0.15) is 0 Å². The maximum absolute atomic E-state index is 10.7. The Morgan fingerprint density at radius 3 is 2.44 bits per heavy atom. The maximum atomic E-state index is 10.7. The predicted molar refractivity (Wildman–Crippen MR) is 66.3 cm³/mol. The molecular weight excluding hydrogens is 200 g/mol. The van der Waals surface area contributed by atoms with Crippen molar-refractivity contribution in [1.29, 1.82) is 0 Å². The van der Waals surface area contributed by atoms with Gasteiger partial charge < -0.3 is 11.1 Å². The molecule has 1 aromatic carbocycles. The van der Waals surface area contributed by atoms with Crippen LogP contribution >= 0.6 is 0 Å². The summed E-state index contributed by atoms with van der Waals surface area (Å²) in [7, 11) is 0. The molecule has 3 N–H and O–H groups in total. The first kappa shape index (κ1) is 12.6. The van der Waals surface area contributed by atoms with Crippen LogP contribution in [0.3, 0.4) is 0 Å². The molecule has 1 unspecified atom stereocenters. The van der Waals surface area contributed by atoms with Gasteiger partial charge in [0.2, 0.25) is 0 Å². The lowest BCUT2D eigenvalue weighted by atomic mass is 9.79. The molecule has 0 aromatic heterocycles. The van der Waals surface area contributed by atoms with Crippen molar-refractivity contribution in [2.24, 2.45) is 5.73 Å². The van der Waals surface area contributed by atoms with E-state index in [9.17, 15) is 4.79 Å². The highest BCUT2D eigenvalue weighted by Crippen LogP contribution is 2.27. The zero-order valence-corrected chi connectivity index (χ0v) is 10.2. The van der Waals surface area contributed by atoms with Crippen LogP contribution in [0.15, 0.2) is 30.3 Å². The summed E-state index contributed by atoms with van der Waals surface area (Å²) >= 11 is 0. The normalized spacial score (nSPS) is 13.2. The van der Waals surface area contributed by atoms with Gasteiger partial charge in [0.1, 0.15) is 0 Å². The molecule has 0 heterocycles. The summed E-state index contributed by atoms with van der Waals surface area (Å²) in [5.74, 6) is 0. The minimum Gasteiger partial charge on any atom is -0.352 e. The maximum Gasteiger partial charge on any atom is 0.312 e. The molecule has 0 aliphatic carbocycles. The minimum absolute atomic E-state index is 0.0309. The summed E-state index contributed by atoms with van der Waals surface area (Å²) < 4.78 is 0. The number of carbonyl (C=O) groups is 1. The van der Waals surface area contributed by atoms with Crippen LogP contribution in [-0.2, 0) is 5.41 Å². The first-order valence-electron chi connectivity index (χ1n) is 5.53. The van der Waals surface area contributed by atoms with Crippen molar-refractivity contribution in [3.05, 3.63) is 35.9 Å². The monoisotopic (exact) mass is 220 g/mol. The molecule has 88 valence electrons. The molecule has 0 fully saturated rings. The fourth-order valence-electron chi connectivity index (χ4n) is 2.07. The van der Waals surface area contributed by atoms with Crippen molar-refractivity contribution in [1.82, 2.24) is 5.32 Å². The largest absolute Gasteiger partial charge is 0.352 e. The number of benzene rings is 1. The highest BCUT2D eigenvalue weighted by molar-refractivity contribution is 5.71. The molecule has 3 heteroatoms. The third kappa shape index (κ3) is 3.57. The summed E-state index contributed by atoms with van der Waals surface area (Å²) in [6.45, 7) is 6.30. The Hall–Kier alpha value is -1.51. The third-order valence-electron chi connectivity index (χ3n) is 2.76. The molecule has 0 saturated heterocycles. The highest BCUT2D eigenvalue weighted by atomic mass is 16.2. The van der Waals surface area contributed by atoms with E-state index in [2.05, 4.69) is 31.3 Å². The van der Waals surface area contributed by atoms with E-state index in [1.807, 2.05) is 25.1 Å².